The molecular formula is C16H26BrNO. The lowest BCUT2D eigenvalue weighted by Gasteiger charge is -2.20. The Hall–Kier alpha value is -0.540. The zero-order valence-corrected chi connectivity index (χ0v) is 14.1. The number of hydrogen-bond donors (Lipinski definition) is 1. The molecule has 0 radical (unpaired) electrons. The lowest BCUT2D eigenvalue weighted by molar-refractivity contribution is 0.185. The van der Waals surface area contributed by atoms with E-state index in [-0.39, 0.29) is 6.10 Å². The van der Waals surface area contributed by atoms with Gasteiger partial charge in [0, 0.05) is 11.0 Å². The van der Waals surface area contributed by atoms with Gasteiger partial charge in [0.15, 0.2) is 0 Å². The smallest absolute Gasteiger partial charge is 0.120 e. The highest BCUT2D eigenvalue weighted by Crippen LogP contribution is 2.22. The molecule has 1 N–H and O–H groups in total. The van der Waals surface area contributed by atoms with Crippen LogP contribution in [0.25, 0.3) is 0 Å². The molecule has 0 heterocycles. The maximum absolute atomic E-state index is 6.09. The maximum atomic E-state index is 6.09. The molecule has 1 aromatic rings. The van der Waals surface area contributed by atoms with Gasteiger partial charge in [-0.1, -0.05) is 43.1 Å². The van der Waals surface area contributed by atoms with Crippen molar-refractivity contribution in [3.05, 3.63) is 28.2 Å². The Morgan fingerprint density at radius 2 is 2.00 bits per heavy atom. The topological polar surface area (TPSA) is 21.3 Å². The summed E-state index contributed by atoms with van der Waals surface area (Å²) >= 11 is 3.52. The van der Waals surface area contributed by atoms with Crippen LogP contribution in [-0.4, -0.2) is 19.2 Å². The molecule has 1 aromatic carbocycles. The van der Waals surface area contributed by atoms with E-state index >= 15 is 0 Å². The van der Waals surface area contributed by atoms with Crippen molar-refractivity contribution in [2.24, 2.45) is 5.92 Å². The number of benzene rings is 1. The average Bonchev–Trinajstić information content (AvgIpc) is 2.33. The molecule has 0 aliphatic carbocycles. The molecule has 0 aliphatic heterocycles. The van der Waals surface area contributed by atoms with Crippen molar-refractivity contribution < 1.29 is 4.74 Å². The minimum atomic E-state index is 0.254. The van der Waals surface area contributed by atoms with E-state index in [2.05, 4.69) is 61.1 Å². The van der Waals surface area contributed by atoms with Crippen LogP contribution in [0.2, 0.25) is 0 Å². The Morgan fingerprint density at radius 1 is 1.26 bits per heavy atom. The van der Waals surface area contributed by atoms with Crippen LogP contribution in [-0.2, 0) is 0 Å². The van der Waals surface area contributed by atoms with Crippen LogP contribution >= 0.6 is 15.9 Å². The summed E-state index contributed by atoms with van der Waals surface area (Å²) in [5.41, 5.74) is 1.21. The summed E-state index contributed by atoms with van der Waals surface area (Å²) in [7, 11) is 0. The standard InChI is InChI=1S/C16H26BrNO/c1-5-6-15(11-18-10-12(2)3)19-14-7-8-16(17)13(4)9-14/h7-9,12,15,18H,5-6,10-11H2,1-4H3. The van der Waals surface area contributed by atoms with Crippen LogP contribution < -0.4 is 10.1 Å². The molecule has 0 aliphatic rings. The summed E-state index contributed by atoms with van der Waals surface area (Å²) in [6.07, 6.45) is 2.48. The fraction of sp³-hybridized carbons (Fsp3) is 0.625. The van der Waals surface area contributed by atoms with Gasteiger partial charge in [-0.2, -0.15) is 0 Å². The Kier molecular flexibility index (Phi) is 7.47. The predicted molar refractivity (Wildman–Crippen MR) is 85.9 cm³/mol. The van der Waals surface area contributed by atoms with Gasteiger partial charge in [-0.05, 0) is 49.6 Å². The predicted octanol–water partition coefficient (Wildman–Crippen LogP) is 4.55. The Balaban J connectivity index is 2.54. The quantitative estimate of drug-likeness (QED) is 0.756. The van der Waals surface area contributed by atoms with E-state index < -0.39 is 0 Å². The third-order valence-corrected chi connectivity index (χ3v) is 3.86. The van der Waals surface area contributed by atoms with Crippen molar-refractivity contribution in [2.75, 3.05) is 13.1 Å². The van der Waals surface area contributed by atoms with E-state index in [1.807, 2.05) is 6.07 Å². The van der Waals surface area contributed by atoms with Gasteiger partial charge >= 0.3 is 0 Å². The van der Waals surface area contributed by atoms with Crippen LogP contribution in [0.5, 0.6) is 5.75 Å². The van der Waals surface area contributed by atoms with Crippen LogP contribution in [0.4, 0.5) is 0 Å². The van der Waals surface area contributed by atoms with Gasteiger partial charge in [-0.25, -0.2) is 0 Å². The second-order valence-electron chi connectivity index (χ2n) is 5.49. The van der Waals surface area contributed by atoms with E-state index in [0.717, 1.165) is 36.2 Å². The molecule has 0 saturated carbocycles. The van der Waals surface area contributed by atoms with Crippen molar-refractivity contribution in [3.63, 3.8) is 0 Å². The van der Waals surface area contributed by atoms with Gasteiger partial charge in [-0.15, -0.1) is 0 Å². The Labute approximate surface area is 126 Å². The zero-order valence-electron chi connectivity index (χ0n) is 12.5. The molecule has 108 valence electrons. The first-order valence-electron chi connectivity index (χ1n) is 7.16. The highest BCUT2D eigenvalue weighted by Gasteiger charge is 2.10. The summed E-state index contributed by atoms with van der Waals surface area (Å²) in [5, 5.41) is 3.48. The van der Waals surface area contributed by atoms with Crippen LogP contribution in [0.3, 0.4) is 0 Å². The fourth-order valence-corrected chi connectivity index (χ4v) is 2.19. The molecule has 0 spiro atoms. The molecule has 1 rings (SSSR count). The van der Waals surface area contributed by atoms with Crippen LogP contribution in [0.15, 0.2) is 22.7 Å². The van der Waals surface area contributed by atoms with Gasteiger partial charge < -0.3 is 10.1 Å². The van der Waals surface area contributed by atoms with E-state index in [9.17, 15) is 0 Å². The van der Waals surface area contributed by atoms with Crippen molar-refractivity contribution in [3.8, 4) is 5.75 Å². The highest BCUT2D eigenvalue weighted by molar-refractivity contribution is 9.10. The second kappa shape index (κ2) is 8.60. The van der Waals surface area contributed by atoms with Crippen molar-refractivity contribution in [1.82, 2.24) is 5.32 Å². The zero-order chi connectivity index (χ0) is 14.3. The molecule has 0 aromatic heterocycles. The maximum Gasteiger partial charge on any atom is 0.120 e. The van der Waals surface area contributed by atoms with Gasteiger partial charge in [0.1, 0.15) is 11.9 Å². The first kappa shape index (κ1) is 16.5. The number of hydrogen-bond acceptors (Lipinski definition) is 2. The first-order chi connectivity index (χ1) is 9.02. The van der Waals surface area contributed by atoms with Crippen molar-refractivity contribution >= 4 is 15.9 Å². The molecule has 3 heteroatoms. The lowest BCUT2D eigenvalue weighted by Crippen LogP contribution is -2.33. The second-order valence-corrected chi connectivity index (χ2v) is 6.35. The molecule has 1 atom stereocenters. The first-order valence-corrected chi connectivity index (χ1v) is 7.95. The SMILES string of the molecule is CCCC(CNCC(C)C)Oc1ccc(Br)c(C)c1. The third-order valence-electron chi connectivity index (χ3n) is 2.97. The van der Waals surface area contributed by atoms with Gasteiger partial charge in [0.2, 0.25) is 0 Å². The number of nitrogens with one attached hydrogen (secondary N) is 1. The number of rotatable bonds is 8. The van der Waals surface area contributed by atoms with Crippen molar-refractivity contribution in [1.29, 1.82) is 0 Å². The molecular weight excluding hydrogens is 302 g/mol. The molecule has 0 bridgehead atoms. The summed E-state index contributed by atoms with van der Waals surface area (Å²) in [5.74, 6) is 1.64. The lowest BCUT2D eigenvalue weighted by atomic mass is 10.2. The molecule has 0 fully saturated rings. The van der Waals surface area contributed by atoms with Crippen LogP contribution in [0.1, 0.15) is 39.2 Å². The molecule has 19 heavy (non-hydrogen) atoms. The summed E-state index contributed by atoms with van der Waals surface area (Å²) < 4.78 is 7.22. The van der Waals surface area contributed by atoms with Gasteiger partial charge in [-0.3, -0.25) is 0 Å². The molecule has 1 unspecified atom stereocenters. The average molecular weight is 328 g/mol. The fourth-order valence-electron chi connectivity index (χ4n) is 1.94. The van der Waals surface area contributed by atoms with Gasteiger partial charge in [0.05, 0.1) is 0 Å². The minimum Gasteiger partial charge on any atom is -0.489 e. The van der Waals surface area contributed by atoms with E-state index in [1.165, 1.54) is 5.56 Å². The number of halogens is 1. The Bertz CT molecular complexity index is 379. The van der Waals surface area contributed by atoms with Crippen molar-refractivity contribution in [2.45, 2.75) is 46.6 Å². The normalized spacial score (nSPS) is 12.7. The summed E-state index contributed by atoms with van der Waals surface area (Å²) in [6.45, 7) is 10.7. The summed E-state index contributed by atoms with van der Waals surface area (Å²) in [6, 6.07) is 6.17. The van der Waals surface area contributed by atoms with Crippen LogP contribution in [0, 0.1) is 12.8 Å². The molecule has 2 nitrogen and oxygen atoms in total. The highest BCUT2D eigenvalue weighted by atomic mass is 79.9. The molecule has 0 amide bonds. The van der Waals surface area contributed by atoms with Gasteiger partial charge in [0.25, 0.3) is 0 Å². The largest absolute Gasteiger partial charge is 0.489 e. The third kappa shape index (κ3) is 6.44. The Morgan fingerprint density at radius 3 is 2.58 bits per heavy atom. The van der Waals surface area contributed by atoms with E-state index in [0.29, 0.717) is 5.92 Å². The minimum absolute atomic E-state index is 0.254. The van der Waals surface area contributed by atoms with E-state index in [4.69, 9.17) is 4.74 Å². The monoisotopic (exact) mass is 327 g/mol. The number of aryl methyl sites for hydroxylation is 1. The number of ether oxygens (including phenoxy) is 1. The molecule has 0 saturated heterocycles. The summed E-state index contributed by atoms with van der Waals surface area (Å²) in [4.78, 5) is 0. The van der Waals surface area contributed by atoms with E-state index in [1.54, 1.807) is 0 Å².